The number of nitrogens with zero attached hydrogens (tertiary/aromatic N) is 1. The van der Waals surface area contributed by atoms with Crippen LogP contribution in [-0.2, 0) is 9.53 Å². The van der Waals surface area contributed by atoms with Crippen LogP contribution in [0.5, 0.6) is 0 Å². The molecule has 18 heavy (non-hydrogen) atoms. The number of morpholine rings is 1. The lowest BCUT2D eigenvalue weighted by atomic mass is 9.93. The van der Waals surface area contributed by atoms with Gasteiger partial charge in [-0.3, -0.25) is 4.79 Å². The van der Waals surface area contributed by atoms with Crippen LogP contribution < -0.4 is 5.73 Å². The van der Waals surface area contributed by atoms with Crippen molar-refractivity contribution in [2.45, 2.75) is 46.1 Å². The lowest BCUT2D eigenvalue weighted by Gasteiger charge is -2.38. The van der Waals surface area contributed by atoms with Crippen molar-refractivity contribution in [3.8, 4) is 0 Å². The van der Waals surface area contributed by atoms with E-state index in [4.69, 9.17) is 10.5 Å². The highest BCUT2D eigenvalue weighted by molar-refractivity contribution is 5.76. The van der Waals surface area contributed by atoms with Crippen molar-refractivity contribution in [1.82, 2.24) is 4.90 Å². The molecule has 0 aromatic carbocycles. The molecule has 1 aliphatic heterocycles. The molecule has 1 saturated heterocycles. The highest BCUT2D eigenvalue weighted by Gasteiger charge is 2.30. The number of rotatable bonds is 5. The maximum atomic E-state index is 12.3. The molecule has 0 bridgehead atoms. The molecule has 106 valence electrons. The number of carbonyl (C=O) groups is 1. The molecule has 1 amide bonds. The van der Waals surface area contributed by atoms with E-state index in [9.17, 15) is 4.79 Å². The summed E-state index contributed by atoms with van der Waals surface area (Å²) in [4.78, 5) is 14.2. The van der Waals surface area contributed by atoms with Crippen molar-refractivity contribution in [2.24, 2.45) is 17.6 Å². The lowest BCUT2D eigenvalue weighted by molar-refractivity contribution is -0.146. The zero-order valence-electron chi connectivity index (χ0n) is 12.2. The zero-order chi connectivity index (χ0) is 13.8. The smallest absolute Gasteiger partial charge is 0.223 e. The second-order valence-corrected chi connectivity index (χ2v) is 6.36. The largest absolute Gasteiger partial charge is 0.372 e. The van der Waals surface area contributed by atoms with Gasteiger partial charge in [0.2, 0.25) is 5.91 Å². The van der Waals surface area contributed by atoms with E-state index in [1.54, 1.807) is 0 Å². The Balaban J connectivity index is 2.48. The van der Waals surface area contributed by atoms with E-state index in [0.717, 1.165) is 6.42 Å². The molecule has 0 saturated carbocycles. The molecule has 0 aromatic rings. The fraction of sp³-hybridized carbons (Fsp3) is 0.929. The van der Waals surface area contributed by atoms with Crippen molar-refractivity contribution in [3.05, 3.63) is 0 Å². The van der Waals surface area contributed by atoms with Crippen molar-refractivity contribution in [1.29, 1.82) is 0 Å². The zero-order valence-corrected chi connectivity index (χ0v) is 12.2. The molecule has 0 aromatic heterocycles. The van der Waals surface area contributed by atoms with Crippen LogP contribution in [0.15, 0.2) is 0 Å². The summed E-state index contributed by atoms with van der Waals surface area (Å²) in [5, 5.41) is 0. The van der Waals surface area contributed by atoms with Crippen molar-refractivity contribution >= 4 is 5.91 Å². The van der Waals surface area contributed by atoms with Gasteiger partial charge < -0.3 is 15.4 Å². The van der Waals surface area contributed by atoms with Gasteiger partial charge in [0.1, 0.15) is 0 Å². The van der Waals surface area contributed by atoms with Gasteiger partial charge in [0.05, 0.1) is 12.2 Å². The molecule has 0 spiro atoms. The summed E-state index contributed by atoms with van der Waals surface area (Å²) in [5.41, 5.74) is 5.54. The standard InChI is InChI=1S/C14H28N2O2/c1-11(2)7-12(9-15)8-13(17)16-5-6-18-14(3,4)10-16/h11-12H,5-10,15H2,1-4H3/t12-/m0/s1. The van der Waals surface area contributed by atoms with Crippen LogP contribution in [0.1, 0.15) is 40.5 Å². The molecule has 4 nitrogen and oxygen atoms in total. The van der Waals surface area contributed by atoms with Crippen LogP contribution >= 0.6 is 0 Å². The molecular weight excluding hydrogens is 228 g/mol. The second kappa shape index (κ2) is 6.53. The maximum Gasteiger partial charge on any atom is 0.223 e. The summed E-state index contributed by atoms with van der Waals surface area (Å²) in [5.74, 6) is 1.12. The molecule has 1 aliphatic rings. The molecule has 0 unspecified atom stereocenters. The third kappa shape index (κ3) is 4.94. The summed E-state index contributed by atoms with van der Waals surface area (Å²) in [7, 11) is 0. The fourth-order valence-corrected chi connectivity index (χ4v) is 2.53. The molecule has 2 N–H and O–H groups in total. The van der Waals surface area contributed by atoms with Crippen LogP contribution in [0, 0.1) is 11.8 Å². The van der Waals surface area contributed by atoms with E-state index in [2.05, 4.69) is 13.8 Å². The number of hydrogen-bond acceptors (Lipinski definition) is 3. The van der Waals surface area contributed by atoms with Crippen molar-refractivity contribution in [3.63, 3.8) is 0 Å². The average Bonchev–Trinajstić information content (AvgIpc) is 2.26. The topological polar surface area (TPSA) is 55.6 Å². The predicted octanol–water partition coefficient (Wildman–Crippen LogP) is 1.63. The molecule has 0 radical (unpaired) electrons. The molecular formula is C14H28N2O2. The Labute approximate surface area is 111 Å². The maximum absolute atomic E-state index is 12.3. The number of amides is 1. The SMILES string of the molecule is CC(C)C[C@H](CN)CC(=O)N1CCOC(C)(C)C1. The Bertz CT molecular complexity index is 277. The van der Waals surface area contributed by atoms with Gasteiger partial charge in [-0.15, -0.1) is 0 Å². The van der Waals surface area contributed by atoms with E-state index in [-0.39, 0.29) is 11.5 Å². The van der Waals surface area contributed by atoms with Crippen LogP contribution in [0.3, 0.4) is 0 Å². The van der Waals surface area contributed by atoms with E-state index in [1.807, 2.05) is 18.7 Å². The van der Waals surface area contributed by atoms with Gasteiger partial charge in [0.25, 0.3) is 0 Å². The van der Waals surface area contributed by atoms with Gasteiger partial charge in [-0.2, -0.15) is 0 Å². The predicted molar refractivity (Wildman–Crippen MR) is 73.2 cm³/mol. The number of ether oxygens (including phenoxy) is 1. The molecule has 1 heterocycles. The number of carbonyl (C=O) groups excluding carboxylic acids is 1. The van der Waals surface area contributed by atoms with Crippen LogP contribution in [0.4, 0.5) is 0 Å². The van der Waals surface area contributed by atoms with Crippen molar-refractivity contribution < 1.29 is 9.53 Å². The first-order chi connectivity index (χ1) is 8.34. The molecule has 1 atom stereocenters. The van der Waals surface area contributed by atoms with Crippen molar-refractivity contribution in [2.75, 3.05) is 26.2 Å². The minimum absolute atomic E-state index is 0.218. The van der Waals surface area contributed by atoms with Gasteiger partial charge in [0, 0.05) is 19.5 Å². The Kier molecular flexibility index (Phi) is 5.60. The van der Waals surface area contributed by atoms with Gasteiger partial charge in [-0.1, -0.05) is 13.8 Å². The molecule has 4 heteroatoms. The summed E-state index contributed by atoms with van der Waals surface area (Å²) in [6.07, 6.45) is 1.60. The van der Waals surface area contributed by atoms with Crippen LogP contribution in [0.25, 0.3) is 0 Å². The minimum atomic E-state index is -0.218. The minimum Gasteiger partial charge on any atom is -0.372 e. The summed E-state index contributed by atoms with van der Waals surface area (Å²) in [6, 6.07) is 0. The van der Waals surface area contributed by atoms with Gasteiger partial charge in [0.15, 0.2) is 0 Å². The molecule has 1 fully saturated rings. The lowest BCUT2D eigenvalue weighted by Crippen LogP contribution is -2.51. The highest BCUT2D eigenvalue weighted by Crippen LogP contribution is 2.20. The fourth-order valence-electron chi connectivity index (χ4n) is 2.53. The number of nitrogens with two attached hydrogens (primary N) is 1. The normalized spacial score (nSPS) is 21.1. The van der Waals surface area contributed by atoms with Gasteiger partial charge in [-0.05, 0) is 38.6 Å². The van der Waals surface area contributed by atoms with E-state index >= 15 is 0 Å². The third-order valence-corrected chi connectivity index (χ3v) is 3.38. The Hall–Kier alpha value is -0.610. The first-order valence-corrected chi connectivity index (χ1v) is 6.96. The molecule has 0 aliphatic carbocycles. The Morgan fingerprint density at radius 1 is 1.44 bits per heavy atom. The van der Waals surface area contributed by atoms with E-state index < -0.39 is 0 Å². The quantitative estimate of drug-likeness (QED) is 0.813. The van der Waals surface area contributed by atoms with Crippen LogP contribution in [0.2, 0.25) is 0 Å². The Morgan fingerprint density at radius 2 is 2.11 bits per heavy atom. The van der Waals surface area contributed by atoms with Crippen LogP contribution in [-0.4, -0.2) is 42.6 Å². The first-order valence-electron chi connectivity index (χ1n) is 6.96. The van der Waals surface area contributed by atoms with Gasteiger partial charge >= 0.3 is 0 Å². The second-order valence-electron chi connectivity index (χ2n) is 6.36. The van der Waals surface area contributed by atoms with Gasteiger partial charge in [-0.25, -0.2) is 0 Å². The number of hydrogen-bond donors (Lipinski definition) is 1. The molecule has 1 rings (SSSR count). The Morgan fingerprint density at radius 3 is 2.61 bits per heavy atom. The summed E-state index contributed by atoms with van der Waals surface area (Å²) < 4.78 is 5.62. The monoisotopic (exact) mass is 256 g/mol. The summed E-state index contributed by atoms with van der Waals surface area (Å²) in [6.45, 7) is 11.0. The average molecular weight is 256 g/mol. The summed E-state index contributed by atoms with van der Waals surface area (Å²) >= 11 is 0. The van der Waals surface area contributed by atoms with E-state index in [1.165, 1.54) is 0 Å². The first kappa shape index (κ1) is 15.4. The highest BCUT2D eigenvalue weighted by atomic mass is 16.5. The third-order valence-electron chi connectivity index (χ3n) is 3.38. The van der Waals surface area contributed by atoms with E-state index in [0.29, 0.717) is 44.5 Å².